The van der Waals surface area contributed by atoms with Crippen molar-refractivity contribution in [3.05, 3.63) is 68.5 Å². The first-order valence-electron chi connectivity index (χ1n) is 9.65. The smallest absolute Gasteiger partial charge is 0.264 e. The van der Waals surface area contributed by atoms with Gasteiger partial charge in [-0.1, -0.05) is 22.8 Å². The number of H-pyrrole nitrogens is 1. The molecule has 1 amide bonds. The molecule has 0 unspecified atom stereocenters. The highest BCUT2D eigenvalue weighted by molar-refractivity contribution is 6.31. The Balaban J connectivity index is 1.46. The predicted molar refractivity (Wildman–Crippen MR) is 109 cm³/mol. The third-order valence-corrected chi connectivity index (χ3v) is 5.67. The van der Waals surface area contributed by atoms with Crippen LogP contribution in [0.2, 0.25) is 5.02 Å². The minimum Gasteiger partial charge on any atom is -0.356 e. The molecular formula is C21H20ClFN4O3. The molecule has 3 aromatic rings. The minimum absolute atomic E-state index is 0.0533. The Hall–Kier alpha value is -3.00. The number of aryl methyl sites for hydroxylation is 1. The fourth-order valence-electron chi connectivity index (χ4n) is 3.75. The van der Waals surface area contributed by atoms with Gasteiger partial charge in [0.2, 0.25) is 5.91 Å². The number of nitrogens with zero attached hydrogens (tertiary/aromatic N) is 3. The van der Waals surface area contributed by atoms with Crippen LogP contribution in [0.1, 0.15) is 35.7 Å². The van der Waals surface area contributed by atoms with Crippen LogP contribution < -0.4 is 5.56 Å². The Bertz CT molecular complexity index is 1140. The molecule has 2 aromatic heterocycles. The number of aromatic nitrogens is 3. The van der Waals surface area contributed by atoms with Gasteiger partial charge in [0.15, 0.2) is 5.76 Å². The van der Waals surface area contributed by atoms with Crippen LogP contribution in [0.3, 0.4) is 0 Å². The SMILES string of the molecule is Cc1cc(-c2cc(=O)[nH]nc2C2CCN(C(=O)Cc3ccc(F)cc3Cl)CC2)on1. The van der Waals surface area contributed by atoms with E-state index in [-0.39, 0.29) is 28.8 Å². The number of hydrogen-bond donors (Lipinski definition) is 1. The Morgan fingerprint density at radius 1 is 1.30 bits per heavy atom. The molecule has 4 rings (SSSR count). The number of likely N-dealkylation sites (tertiary alicyclic amines) is 1. The van der Waals surface area contributed by atoms with E-state index in [9.17, 15) is 14.0 Å². The van der Waals surface area contributed by atoms with Crippen molar-refractivity contribution in [2.45, 2.75) is 32.1 Å². The van der Waals surface area contributed by atoms with Crippen molar-refractivity contribution in [3.8, 4) is 11.3 Å². The quantitative estimate of drug-likeness (QED) is 0.684. The molecule has 0 aliphatic carbocycles. The van der Waals surface area contributed by atoms with Crippen molar-refractivity contribution < 1.29 is 13.7 Å². The molecule has 1 N–H and O–H groups in total. The van der Waals surface area contributed by atoms with E-state index >= 15 is 0 Å². The van der Waals surface area contributed by atoms with E-state index in [4.69, 9.17) is 16.1 Å². The lowest BCUT2D eigenvalue weighted by atomic mass is 9.90. The summed E-state index contributed by atoms with van der Waals surface area (Å²) in [4.78, 5) is 26.3. The van der Waals surface area contributed by atoms with Gasteiger partial charge in [-0.15, -0.1) is 0 Å². The summed E-state index contributed by atoms with van der Waals surface area (Å²) in [5.41, 5.74) is 2.37. The van der Waals surface area contributed by atoms with Crippen LogP contribution in [0.15, 0.2) is 39.6 Å². The van der Waals surface area contributed by atoms with E-state index in [0.29, 0.717) is 42.8 Å². The molecule has 1 aromatic carbocycles. The van der Waals surface area contributed by atoms with Gasteiger partial charge in [-0.3, -0.25) is 9.59 Å². The maximum absolute atomic E-state index is 13.2. The summed E-state index contributed by atoms with van der Waals surface area (Å²) >= 11 is 6.04. The van der Waals surface area contributed by atoms with E-state index in [0.717, 1.165) is 11.4 Å². The topological polar surface area (TPSA) is 92.1 Å². The predicted octanol–water partition coefficient (Wildman–Crippen LogP) is 3.47. The molecule has 1 saturated heterocycles. The van der Waals surface area contributed by atoms with Crippen molar-refractivity contribution in [3.63, 3.8) is 0 Å². The molecule has 3 heterocycles. The fourth-order valence-corrected chi connectivity index (χ4v) is 3.99. The summed E-state index contributed by atoms with van der Waals surface area (Å²) < 4.78 is 18.5. The van der Waals surface area contributed by atoms with Crippen LogP contribution in [-0.2, 0) is 11.2 Å². The summed E-state index contributed by atoms with van der Waals surface area (Å²) in [6.45, 7) is 2.92. The van der Waals surface area contributed by atoms with Gasteiger partial charge in [0, 0.05) is 41.7 Å². The van der Waals surface area contributed by atoms with Gasteiger partial charge in [0.05, 0.1) is 17.8 Å². The Morgan fingerprint density at radius 3 is 2.73 bits per heavy atom. The standard InChI is InChI=1S/C21H20ClFN4O3/c1-12-8-18(30-26-12)16-11-19(28)24-25-21(16)13-4-6-27(7-5-13)20(29)9-14-2-3-15(23)10-17(14)22/h2-3,8,10-11,13H,4-7,9H2,1H3,(H,24,28). The summed E-state index contributed by atoms with van der Waals surface area (Å²) in [6, 6.07) is 7.29. The second kappa shape index (κ2) is 8.39. The van der Waals surface area contributed by atoms with Crippen LogP contribution in [0.25, 0.3) is 11.3 Å². The molecule has 9 heteroatoms. The zero-order valence-electron chi connectivity index (χ0n) is 16.3. The average molecular weight is 431 g/mol. The van der Waals surface area contributed by atoms with Crippen molar-refractivity contribution in [2.24, 2.45) is 0 Å². The summed E-state index contributed by atoms with van der Waals surface area (Å²) in [7, 11) is 0. The van der Waals surface area contributed by atoms with Crippen molar-refractivity contribution in [1.82, 2.24) is 20.3 Å². The van der Waals surface area contributed by atoms with E-state index < -0.39 is 5.82 Å². The van der Waals surface area contributed by atoms with Crippen LogP contribution in [-0.4, -0.2) is 39.3 Å². The summed E-state index contributed by atoms with van der Waals surface area (Å²) in [5, 5.41) is 10.9. The first kappa shape index (κ1) is 20.3. The number of nitrogens with one attached hydrogen (secondary N) is 1. The number of amides is 1. The molecule has 0 saturated carbocycles. The van der Waals surface area contributed by atoms with Gasteiger partial charge in [-0.05, 0) is 37.5 Å². The van der Waals surface area contributed by atoms with Crippen LogP contribution in [0, 0.1) is 12.7 Å². The van der Waals surface area contributed by atoms with Gasteiger partial charge in [-0.25, -0.2) is 9.49 Å². The maximum atomic E-state index is 13.2. The lowest BCUT2D eigenvalue weighted by Gasteiger charge is -2.32. The van der Waals surface area contributed by atoms with Gasteiger partial charge in [0.1, 0.15) is 5.82 Å². The second-order valence-electron chi connectivity index (χ2n) is 7.43. The molecule has 30 heavy (non-hydrogen) atoms. The van der Waals surface area contributed by atoms with Crippen molar-refractivity contribution in [2.75, 3.05) is 13.1 Å². The number of carbonyl (C=O) groups is 1. The van der Waals surface area contributed by atoms with Crippen LogP contribution in [0.5, 0.6) is 0 Å². The molecule has 1 aliphatic rings. The van der Waals surface area contributed by atoms with E-state index in [1.807, 2.05) is 6.92 Å². The lowest BCUT2D eigenvalue weighted by molar-refractivity contribution is -0.131. The monoisotopic (exact) mass is 430 g/mol. The summed E-state index contributed by atoms with van der Waals surface area (Å²) in [6.07, 6.45) is 1.52. The zero-order valence-corrected chi connectivity index (χ0v) is 17.1. The molecule has 0 atom stereocenters. The highest BCUT2D eigenvalue weighted by Gasteiger charge is 2.28. The highest BCUT2D eigenvalue weighted by atomic mass is 35.5. The van der Waals surface area contributed by atoms with Crippen LogP contribution >= 0.6 is 11.6 Å². The van der Waals surface area contributed by atoms with Crippen LogP contribution in [0.4, 0.5) is 4.39 Å². The largest absolute Gasteiger partial charge is 0.356 e. The zero-order chi connectivity index (χ0) is 21.3. The molecule has 156 valence electrons. The maximum Gasteiger partial charge on any atom is 0.264 e. The Morgan fingerprint density at radius 2 is 2.07 bits per heavy atom. The summed E-state index contributed by atoms with van der Waals surface area (Å²) in [5.74, 6) is 0.0944. The van der Waals surface area contributed by atoms with E-state index in [1.54, 1.807) is 11.0 Å². The minimum atomic E-state index is -0.428. The number of piperidine rings is 1. The Kier molecular flexibility index (Phi) is 5.67. The molecule has 1 fully saturated rings. The molecule has 7 nitrogen and oxygen atoms in total. The van der Waals surface area contributed by atoms with E-state index in [1.165, 1.54) is 24.3 Å². The number of rotatable bonds is 4. The fraction of sp³-hybridized carbons (Fsp3) is 0.333. The molecule has 1 aliphatic heterocycles. The molecular weight excluding hydrogens is 411 g/mol. The number of carbonyl (C=O) groups excluding carboxylic acids is 1. The number of benzene rings is 1. The molecule has 0 spiro atoms. The van der Waals surface area contributed by atoms with Gasteiger partial charge < -0.3 is 9.42 Å². The third-order valence-electron chi connectivity index (χ3n) is 5.32. The number of halogens is 2. The number of hydrogen-bond acceptors (Lipinski definition) is 5. The lowest BCUT2D eigenvalue weighted by Crippen LogP contribution is -2.39. The third kappa shape index (κ3) is 4.28. The first-order chi connectivity index (χ1) is 14.4. The average Bonchev–Trinajstić information content (AvgIpc) is 3.16. The molecule has 0 radical (unpaired) electrons. The number of aromatic amines is 1. The second-order valence-corrected chi connectivity index (χ2v) is 7.84. The Labute approximate surface area is 176 Å². The van der Waals surface area contributed by atoms with E-state index in [2.05, 4.69) is 15.4 Å². The van der Waals surface area contributed by atoms with Gasteiger partial charge in [0.25, 0.3) is 5.56 Å². The highest BCUT2D eigenvalue weighted by Crippen LogP contribution is 2.33. The van der Waals surface area contributed by atoms with Gasteiger partial charge in [-0.2, -0.15) is 5.10 Å². The van der Waals surface area contributed by atoms with Crippen molar-refractivity contribution >= 4 is 17.5 Å². The molecule has 0 bridgehead atoms. The van der Waals surface area contributed by atoms with Gasteiger partial charge >= 0.3 is 0 Å². The first-order valence-corrected chi connectivity index (χ1v) is 10.0. The van der Waals surface area contributed by atoms with Crippen molar-refractivity contribution in [1.29, 1.82) is 0 Å². The normalized spacial score (nSPS) is 14.8.